The fourth-order valence-electron chi connectivity index (χ4n) is 2.41. The molecule has 1 atom stereocenters. The lowest BCUT2D eigenvalue weighted by Gasteiger charge is -2.33. The highest BCUT2D eigenvalue weighted by molar-refractivity contribution is 5.99. The number of nitrogens with zero attached hydrogens (tertiary/aromatic N) is 2. The Kier molecular flexibility index (Phi) is 3.57. The highest BCUT2D eigenvalue weighted by Crippen LogP contribution is 2.17. The molecule has 0 spiro atoms. The minimum absolute atomic E-state index is 0.157. The molecule has 7 nitrogen and oxygen atoms in total. The van der Waals surface area contributed by atoms with Crippen LogP contribution in [0.15, 0.2) is 24.4 Å². The van der Waals surface area contributed by atoms with Gasteiger partial charge in [0.25, 0.3) is 5.91 Å². The SMILES string of the molecule is COC(=O)C1COCCN1C(=O)c1ccc2cn[nH]c2c1. The first-order chi connectivity index (χ1) is 10.2. The van der Waals surface area contributed by atoms with Crippen LogP contribution in [0.5, 0.6) is 0 Å². The Morgan fingerprint density at radius 2 is 2.33 bits per heavy atom. The van der Waals surface area contributed by atoms with Crippen LogP contribution < -0.4 is 0 Å². The fraction of sp³-hybridized carbons (Fsp3) is 0.357. The van der Waals surface area contributed by atoms with Gasteiger partial charge in [0.15, 0.2) is 6.04 Å². The smallest absolute Gasteiger partial charge is 0.331 e. The van der Waals surface area contributed by atoms with Crippen molar-refractivity contribution >= 4 is 22.8 Å². The van der Waals surface area contributed by atoms with Gasteiger partial charge in [0.1, 0.15) is 0 Å². The fourth-order valence-corrected chi connectivity index (χ4v) is 2.41. The molecule has 7 heteroatoms. The van der Waals surface area contributed by atoms with Crippen molar-refractivity contribution in [3.05, 3.63) is 30.0 Å². The van der Waals surface area contributed by atoms with Crippen molar-refractivity contribution in [2.45, 2.75) is 6.04 Å². The molecule has 110 valence electrons. The lowest BCUT2D eigenvalue weighted by atomic mass is 10.1. The Bertz CT molecular complexity index is 682. The zero-order valence-corrected chi connectivity index (χ0v) is 11.5. The molecule has 1 aromatic heterocycles. The molecule has 1 aromatic carbocycles. The normalized spacial score (nSPS) is 18.7. The van der Waals surface area contributed by atoms with Crippen LogP contribution in [0, 0.1) is 0 Å². The van der Waals surface area contributed by atoms with E-state index in [9.17, 15) is 9.59 Å². The van der Waals surface area contributed by atoms with E-state index in [0.717, 1.165) is 10.9 Å². The average Bonchev–Trinajstić information content (AvgIpc) is 3.01. The largest absolute Gasteiger partial charge is 0.467 e. The molecule has 0 aliphatic carbocycles. The van der Waals surface area contributed by atoms with E-state index in [1.807, 2.05) is 6.07 Å². The Balaban J connectivity index is 1.89. The first-order valence-corrected chi connectivity index (χ1v) is 6.60. The first-order valence-electron chi connectivity index (χ1n) is 6.60. The maximum Gasteiger partial charge on any atom is 0.331 e. The third kappa shape index (κ3) is 2.47. The van der Waals surface area contributed by atoms with E-state index in [1.165, 1.54) is 12.0 Å². The van der Waals surface area contributed by atoms with Gasteiger partial charge in [0.05, 0.1) is 32.0 Å². The number of H-pyrrole nitrogens is 1. The number of hydrogen-bond acceptors (Lipinski definition) is 5. The summed E-state index contributed by atoms with van der Waals surface area (Å²) >= 11 is 0. The van der Waals surface area contributed by atoms with E-state index in [-0.39, 0.29) is 12.5 Å². The molecule has 1 N–H and O–H groups in total. The molecule has 2 heterocycles. The van der Waals surface area contributed by atoms with E-state index >= 15 is 0 Å². The second-order valence-corrected chi connectivity index (χ2v) is 4.78. The highest BCUT2D eigenvalue weighted by atomic mass is 16.5. The van der Waals surface area contributed by atoms with Gasteiger partial charge in [-0.1, -0.05) is 6.07 Å². The van der Waals surface area contributed by atoms with E-state index in [4.69, 9.17) is 9.47 Å². The Labute approximate surface area is 120 Å². The Morgan fingerprint density at radius 1 is 1.48 bits per heavy atom. The summed E-state index contributed by atoms with van der Waals surface area (Å²) in [5.74, 6) is -0.684. The third-order valence-electron chi connectivity index (χ3n) is 3.55. The Hall–Kier alpha value is -2.41. The summed E-state index contributed by atoms with van der Waals surface area (Å²) in [5, 5.41) is 7.68. The number of morpholine rings is 1. The number of fused-ring (bicyclic) bond motifs is 1. The lowest BCUT2D eigenvalue weighted by Crippen LogP contribution is -2.53. The van der Waals surface area contributed by atoms with Gasteiger partial charge in [-0.2, -0.15) is 5.10 Å². The second-order valence-electron chi connectivity index (χ2n) is 4.78. The average molecular weight is 289 g/mol. The van der Waals surface area contributed by atoms with Crippen molar-refractivity contribution in [3.8, 4) is 0 Å². The predicted octanol–water partition coefficient (Wildman–Crippen LogP) is 0.577. The van der Waals surface area contributed by atoms with Gasteiger partial charge < -0.3 is 14.4 Å². The monoisotopic (exact) mass is 289 g/mol. The van der Waals surface area contributed by atoms with Gasteiger partial charge >= 0.3 is 5.97 Å². The maximum atomic E-state index is 12.6. The van der Waals surface area contributed by atoms with Gasteiger partial charge in [0, 0.05) is 17.5 Å². The number of benzene rings is 1. The number of carbonyl (C=O) groups excluding carboxylic acids is 2. The number of rotatable bonds is 2. The predicted molar refractivity (Wildman–Crippen MR) is 73.8 cm³/mol. The summed E-state index contributed by atoms with van der Waals surface area (Å²) in [5.41, 5.74) is 1.28. The minimum Gasteiger partial charge on any atom is -0.467 e. The van der Waals surface area contributed by atoms with E-state index < -0.39 is 12.0 Å². The van der Waals surface area contributed by atoms with Crippen molar-refractivity contribution in [2.75, 3.05) is 26.9 Å². The number of aromatic amines is 1. The molecular formula is C14H15N3O4. The van der Waals surface area contributed by atoms with Crippen molar-refractivity contribution in [3.63, 3.8) is 0 Å². The molecule has 1 fully saturated rings. The molecule has 0 saturated carbocycles. The quantitative estimate of drug-likeness (QED) is 0.817. The van der Waals surface area contributed by atoms with Crippen molar-refractivity contribution in [1.29, 1.82) is 0 Å². The molecule has 1 aliphatic heterocycles. The molecule has 1 aliphatic rings. The third-order valence-corrected chi connectivity index (χ3v) is 3.55. The van der Waals surface area contributed by atoms with Crippen LogP contribution in [-0.2, 0) is 14.3 Å². The van der Waals surface area contributed by atoms with Crippen LogP contribution in [0.3, 0.4) is 0 Å². The van der Waals surface area contributed by atoms with Crippen LogP contribution >= 0.6 is 0 Å². The van der Waals surface area contributed by atoms with Gasteiger partial charge in [-0.3, -0.25) is 9.89 Å². The van der Waals surface area contributed by atoms with Crippen LogP contribution in [0.25, 0.3) is 10.9 Å². The molecular weight excluding hydrogens is 274 g/mol. The number of methoxy groups -OCH3 is 1. The molecule has 1 unspecified atom stereocenters. The van der Waals surface area contributed by atoms with Crippen molar-refractivity contribution < 1.29 is 19.1 Å². The number of ether oxygens (including phenoxy) is 2. The first kappa shape index (κ1) is 13.6. The molecule has 0 bridgehead atoms. The maximum absolute atomic E-state index is 12.6. The number of nitrogens with one attached hydrogen (secondary N) is 1. The van der Waals surface area contributed by atoms with Crippen LogP contribution in [0.1, 0.15) is 10.4 Å². The van der Waals surface area contributed by atoms with Crippen molar-refractivity contribution in [2.24, 2.45) is 0 Å². The lowest BCUT2D eigenvalue weighted by molar-refractivity contribution is -0.151. The number of aromatic nitrogens is 2. The topological polar surface area (TPSA) is 84.5 Å². The number of esters is 1. The molecule has 0 radical (unpaired) electrons. The van der Waals surface area contributed by atoms with Crippen LogP contribution in [0.4, 0.5) is 0 Å². The standard InChI is InChI=1S/C14H15N3O4/c1-20-14(19)12-8-21-5-4-17(12)13(18)9-2-3-10-7-15-16-11(10)6-9/h2-3,6-7,12H,4-5,8H2,1H3,(H,15,16). The molecule has 1 saturated heterocycles. The van der Waals surface area contributed by atoms with Crippen LogP contribution in [0.2, 0.25) is 0 Å². The molecule has 1 amide bonds. The van der Waals surface area contributed by atoms with Gasteiger partial charge in [-0.15, -0.1) is 0 Å². The summed E-state index contributed by atoms with van der Waals surface area (Å²) in [7, 11) is 1.30. The van der Waals surface area contributed by atoms with Crippen molar-refractivity contribution in [1.82, 2.24) is 15.1 Å². The Morgan fingerprint density at radius 3 is 3.14 bits per heavy atom. The highest BCUT2D eigenvalue weighted by Gasteiger charge is 2.34. The summed E-state index contributed by atoms with van der Waals surface area (Å²) < 4.78 is 10.0. The van der Waals surface area contributed by atoms with Crippen LogP contribution in [-0.4, -0.2) is 59.9 Å². The zero-order chi connectivity index (χ0) is 14.8. The summed E-state index contributed by atoms with van der Waals surface area (Å²) in [6.07, 6.45) is 1.69. The van der Waals surface area contributed by atoms with Gasteiger partial charge in [0.2, 0.25) is 0 Å². The molecule has 2 aromatic rings. The van der Waals surface area contributed by atoms with E-state index in [2.05, 4.69) is 10.2 Å². The van der Waals surface area contributed by atoms with E-state index in [0.29, 0.717) is 18.7 Å². The number of amides is 1. The zero-order valence-electron chi connectivity index (χ0n) is 11.5. The molecule has 21 heavy (non-hydrogen) atoms. The summed E-state index contributed by atoms with van der Waals surface area (Å²) in [4.78, 5) is 25.9. The summed E-state index contributed by atoms with van der Waals surface area (Å²) in [6, 6.07) is 4.58. The molecule has 3 rings (SSSR count). The second kappa shape index (κ2) is 5.53. The number of hydrogen-bond donors (Lipinski definition) is 1. The van der Waals surface area contributed by atoms with Gasteiger partial charge in [-0.25, -0.2) is 4.79 Å². The number of carbonyl (C=O) groups is 2. The van der Waals surface area contributed by atoms with Gasteiger partial charge in [-0.05, 0) is 12.1 Å². The van der Waals surface area contributed by atoms with E-state index in [1.54, 1.807) is 18.3 Å². The summed E-state index contributed by atoms with van der Waals surface area (Å²) in [6.45, 7) is 0.926. The minimum atomic E-state index is -0.700.